The summed E-state index contributed by atoms with van der Waals surface area (Å²) in [4.78, 5) is 42.0. The molecule has 1 N–H and O–H groups in total. The Bertz CT molecular complexity index is 1620. The third-order valence-corrected chi connectivity index (χ3v) is 7.95. The predicted octanol–water partition coefficient (Wildman–Crippen LogP) is 5.61. The van der Waals surface area contributed by atoms with Gasteiger partial charge >= 0.3 is 6.18 Å². The molecule has 0 bridgehead atoms. The second kappa shape index (κ2) is 12.8. The molecule has 4 rings (SSSR count). The molecule has 3 aromatic rings. The summed E-state index contributed by atoms with van der Waals surface area (Å²) in [6, 6.07) is 4.48. The number of hydrogen-bond acceptors (Lipinski definition) is 5. The Balaban J connectivity index is 1.83. The first kappa shape index (κ1) is 32.7. The lowest BCUT2D eigenvalue weighted by atomic mass is 10.0. The Morgan fingerprint density at radius 3 is 2.33 bits per heavy atom. The van der Waals surface area contributed by atoms with Crippen molar-refractivity contribution in [2.45, 2.75) is 45.2 Å². The van der Waals surface area contributed by atoms with Gasteiger partial charge in [0.05, 0.1) is 18.0 Å². The summed E-state index contributed by atoms with van der Waals surface area (Å²) in [5, 5.41) is 2.58. The van der Waals surface area contributed by atoms with Crippen LogP contribution in [0.4, 0.5) is 23.2 Å². The predicted molar refractivity (Wildman–Crippen MR) is 157 cm³/mol. The molecule has 43 heavy (non-hydrogen) atoms. The van der Waals surface area contributed by atoms with Crippen LogP contribution in [-0.2, 0) is 17.9 Å². The molecular weight excluding hydrogens is 639 g/mol. The first-order chi connectivity index (χ1) is 20.2. The molecule has 1 aliphatic heterocycles. The van der Waals surface area contributed by atoms with E-state index in [-0.39, 0.29) is 53.4 Å². The highest BCUT2D eigenvalue weighted by atomic mass is 35.5. The Labute approximate surface area is 259 Å². The monoisotopic (exact) mass is 664 g/mol. The Kier molecular flexibility index (Phi) is 9.72. The molecule has 2 aromatic carbocycles. The van der Waals surface area contributed by atoms with Crippen LogP contribution < -0.4 is 20.4 Å². The van der Waals surface area contributed by atoms with Crippen LogP contribution in [0.5, 0.6) is 5.75 Å². The number of nitrogens with zero attached hydrogens (tertiary/aromatic N) is 3. The van der Waals surface area contributed by atoms with Crippen molar-refractivity contribution in [3.05, 3.63) is 67.7 Å². The van der Waals surface area contributed by atoms with E-state index < -0.39 is 52.9 Å². The average molecular weight is 666 g/mol. The molecule has 0 saturated carbocycles. The van der Waals surface area contributed by atoms with Crippen molar-refractivity contribution in [3.8, 4) is 5.75 Å². The van der Waals surface area contributed by atoms with Gasteiger partial charge in [0, 0.05) is 48.0 Å². The fourth-order valence-corrected chi connectivity index (χ4v) is 6.07. The molecule has 1 aromatic heterocycles. The smallest absolute Gasteiger partial charge is 0.406 e. The number of benzene rings is 2. The summed E-state index contributed by atoms with van der Waals surface area (Å²) >= 11 is 17.8. The topological polar surface area (TPSA) is 83.9 Å². The molecule has 8 nitrogen and oxygen atoms in total. The van der Waals surface area contributed by atoms with Gasteiger partial charge in [-0.15, -0.1) is 11.6 Å². The lowest BCUT2D eigenvalue weighted by molar-refractivity contribution is -0.140. The van der Waals surface area contributed by atoms with E-state index in [4.69, 9.17) is 39.5 Å². The number of hydrogen-bond donors (Lipinski definition) is 1. The van der Waals surface area contributed by atoms with Gasteiger partial charge in [0.2, 0.25) is 11.3 Å². The van der Waals surface area contributed by atoms with Gasteiger partial charge in [-0.25, -0.2) is 4.39 Å². The summed E-state index contributed by atoms with van der Waals surface area (Å²) in [6.45, 7) is 1.95. The molecule has 0 aliphatic carbocycles. The highest BCUT2D eigenvalue weighted by Gasteiger charge is 2.36. The van der Waals surface area contributed by atoms with Crippen LogP contribution in [0.2, 0.25) is 10.0 Å². The maximum atomic E-state index is 15.8. The third-order valence-electron chi connectivity index (χ3n) is 7.13. The number of carbonyl (C=O) groups is 2. The number of aromatic nitrogens is 1. The number of ether oxygens (including phenoxy) is 1. The quantitative estimate of drug-likeness (QED) is 0.262. The van der Waals surface area contributed by atoms with Crippen LogP contribution in [0.15, 0.2) is 35.3 Å². The van der Waals surface area contributed by atoms with Crippen molar-refractivity contribution in [2.75, 3.05) is 31.0 Å². The number of nitrogens with one attached hydrogen (secondary N) is 1. The van der Waals surface area contributed by atoms with Crippen LogP contribution in [-0.4, -0.2) is 65.6 Å². The second-order valence-electron chi connectivity index (χ2n) is 10.2. The molecule has 1 aliphatic rings. The number of piperazine rings is 1. The zero-order chi connectivity index (χ0) is 31.8. The Morgan fingerprint density at radius 2 is 1.77 bits per heavy atom. The fraction of sp³-hybridized carbons (Fsp3) is 0.393. The summed E-state index contributed by atoms with van der Waals surface area (Å²) in [6.07, 6.45) is -3.99. The van der Waals surface area contributed by atoms with Gasteiger partial charge in [-0.2, -0.15) is 13.2 Å². The zero-order valence-corrected chi connectivity index (χ0v) is 25.5. The standard InChI is InChI=1S/C28H27Cl3F4N4O4/c1-14-10-37(11-15(2)39(14)22(40)8-29)24-21(32)7-18-23(26(24)43-3)38(13-28(33,34)35)12-19(25(18)41)27(42)36-9-16-4-5-17(30)6-20(16)31/h4-7,12,14-15H,8-11,13H2,1-3H3,(H,36,42)/t14-,15+. The first-order valence-corrected chi connectivity index (χ1v) is 14.3. The van der Waals surface area contributed by atoms with Crippen LogP contribution in [0.25, 0.3) is 10.9 Å². The van der Waals surface area contributed by atoms with Crippen molar-refractivity contribution >= 4 is 63.2 Å². The van der Waals surface area contributed by atoms with E-state index in [0.29, 0.717) is 15.2 Å². The molecule has 2 atom stereocenters. The van der Waals surface area contributed by atoms with Gasteiger partial charge in [-0.05, 0) is 37.6 Å². The highest BCUT2D eigenvalue weighted by molar-refractivity contribution is 6.35. The van der Waals surface area contributed by atoms with Crippen molar-refractivity contribution in [3.63, 3.8) is 0 Å². The number of fused-ring (bicyclic) bond motifs is 1. The zero-order valence-electron chi connectivity index (χ0n) is 23.2. The number of anilines is 1. The minimum atomic E-state index is -4.78. The van der Waals surface area contributed by atoms with Gasteiger partial charge in [0.15, 0.2) is 11.6 Å². The number of methoxy groups -OCH3 is 1. The van der Waals surface area contributed by atoms with Crippen LogP contribution in [0.3, 0.4) is 0 Å². The molecule has 2 heterocycles. The van der Waals surface area contributed by atoms with E-state index in [1.165, 1.54) is 12.1 Å². The van der Waals surface area contributed by atoms with Crippen molar-refractivity contribution in [1.82, 2.24) is 14.8 Å². The third kappa shape index (κ3) is 6.81. The molecule has 232 valence electrons. The van der Waals surface area contributed by atoms with E-state index in [1.54, 1.807) is 29.7 Å². The molecule has 1 fully saturated rings. The molecule has 15 heteroatoms. The van der Waals surface area contributed by atoms with E-state index in [2.05, 4.69) is 5.32 Å². The van der Waals surface area contributed by atoms with Crippen molar-refractivity contribution in [2.24, 2.45) is 0 Å². The number of pyridine rings is 1. The largest absolute Gasteiger partial charge is 0.492 e. The lowest BCUT2D eigenvalue weighted by Gasteiger charge is -2.45. The SMILES string of the molecule is COc1c(N2C[C@@H](C)N(C(=O)CCl)[C@@H](C)C2)c(F)cc2c(=O)c(C(=O)NCc3ccc(Cl)cc3Cl)cn(CC(F)(F)F)c12. The summed E-state index contributed by atoms with van der Waals surface area (Å²) in [5.74, 6) is -2.79. The highest BCUT2D eigenvalue weighted by Crippen LogP contribution is 2.40. The number of rotatable bonds is 7. The van der Waals surface area contributed by atoms with Gasteiger partial charge < -0.3 is 24.4 Å². The van der Waals surface area contributed by atoms with Crippen LogP contribution in [0, 0.1) is 5.82 Å². The maximum Gasteiger partial charge on any atom is 0.406 e. The molecule has 2 amide bonds. The van der Waals surface area contributed by atoms with Crippen molar-refractivity contribution in [1.29, 1.82) is 0 Å². The van der Waals surface area contributed by atoms with Crippen LogP contribution in [0.1, 0.15) is 29.8 Å². The van der Waals surface area contributed by atoms with Gasteiger partial charge in [-0.1, -0.05) is 29.3 Å². The number of alkyl halides is 4. The molecule has 1 saturated heterocycles. The lowest BCUT2D eigenvalue weighted by Crippen LogP contribution is -2.59. The molecule has 0 spiro atoms. The van der Waals surface area contributed by atoms with Crippen molar-refractivity contribution < 1.29 is 31.9 Å². The summed E-state index contributed by atoms with van der Waals surface area (Å²) in [5.41, 5.74) is -1.68. The van der Waals surface area contributed by atoms with E-state index in [0.717, 1.165) is 19.4 Å². The first-order valence-electron chi connectivity index (χ1n) is 13.0. The van der Waals surface area contributed by atoms with E-state index in [1.807, 2.05) is 0 Å². The minimum Gasteiger partial charge on any atom is -0.492 e. The average Bonchev–Trinajstić information content (AvgIpc) is 2.91. The van der Waals surface area contributed by atoms with Gasteiger partial charge in [0.25, 0.3) is 5.91 Å². The van der Waals surface area contributed by atoms with Gasteiger partial charge in [0.1, 0.15) is 23.7 Å². The van der Waals surface area contributed by atoms with E-state index in [9.17, 15) is 27.6 Å². The number of amides is 2. The molecule has 0 radical (unpaired) electrons. The molecular formula is C28H27Cl3F4N4O4. The summed E-state index contributed by atoms with van der Waals surface area (Å²) < 4.78 is 63.3. The fourth-order valence-electron chi connectivity index (χ4n) is 5.46. The minimum absolute atomic E-state index is 0.114. The normalized spacial score (nSPS) is 17.3. The second-order valence-corrected chi connectivity index (χ2v) is 11.3. The Hall–Kier alpha value is -3.22. The number of halogens is 7. The maximum absolute atomic E-state index is 15.8. The van der Waals surface area contributed by atoms with Gasteiger partial charge in [-0.3, -0.25) is 14.4 Å². The van der Waals surface area contributed by atoms with E-state index >= 15 is 4.39 Å². The Morgan fingerprint density at radius 1 is 1.12 bits per heavy atom. The molecule has 0 unspecified atom stereocenters. The van der Waals surface area contributed by atoms with Crippen LogP contribution >= 0.6 is 34.8 Å². The summed E-state index contributed by atoms with van der Waals surface area (Å²) in [7, 11) is 1.15. The number of carbonyl (C=O) groups excluding carboxylic acids is 2.